The van der Waals surface area contributed by atoms with Crippen molar-refractivity contribution < 1.29 is 4.52 Å². The van der Waals surface area contributed by atoms with Gasteiger partial charge in [0, 0.05) is 12.2 Å². The molecule has 0 atom stereocenters. The summed E-state index contributed by atoms with van der Waals surface area (Å²) in [5.41, 5.74) is 4.09. The normalized spacial score (nSPS) is 13.9. The molecule has 0 unspecified atom stereocenters. The molecule has 3 aromatic rings. The summed E-state index contributed by atoms with van der Waals surface area (Å²) in [5, 5.41) is 11.8. The van der Waals surface area contributed by atoms with E-state index in [2.05, 4.69) is 25.2 Å². The minimum absolute atomic E-state index is 0.469. The van der Waals surface area contributed by atoms with Crippen LogP contribution < -0.4 is 5.32 Å². The standard InChI is InChI=1S/C16H17N5O/c1-11-14(13-9-5-6-10-21(13)19-11)15-18-16(20-22-15)17-12-7-3-2-4-8-12/h2-4,7-8H,5-6,9-10H2,1H3,(H,17,20). The largest absolute Gasteiger partial charge is 0.332 e. The minimum Gasteiger partial charge on any atom is -0.332 e. The first-order valence-corrected chi connectivity index (χ1v) is 7.54. The molecule has 6 heteroatoms. The Hall–Kier alpha value is -2.63. The van der Waals surface area contributed by atoms with Crippen molar-refractivity contribution >= 4 is 11.6 Å². The third-order valence-electron chi connectivity index (χ3n) is 3.94. The second kappa shape index (κ2) is 5.29. The number of fused-ring (bicyclic) bond motifs is 1. The molecule has 1 aliphatic heterocycles. The summed E-state index contributed by atoms with van der Waals surface area (Å²) < 4.78 is 7.52. The van der Waals surface area contributed by atoms with Gasteiger partial charge in [0.2, 0.25) is 0 Å². The predicted octanol–water partition coefficient (Wildman–Crippen LogP) is 3.32. The Bertz CT molecular complexity index is 790. The van der Waals surface area contributed by atoms with Crippen LogP contribution in [-0.4, -0.2) is 19.9 Å². The van der Waals surface area contributed by atoms with Crippen molar-refractivity contribution in [1.82, 2.24) is 19.9 Å². The van der Waals surface area contributed by atoms with Gasteiger partial charge in [-0.05, 0) is 43.5 Å². The SMILES string of the molecule is Cc1nn2c(c1-c1nc(Nc3ccccc3)no1)CCCC2. The van der Waals surface area contributed by atoms with Gasteiger partial charge < -0.3 is 9.84 Å². The topological polar surface area (TPSA) is 68.8 Å². The Kier molecular flexibility index (Phi) is 3.14. The summed E-state index contributed by atoms with van der Waals surface area (Å²) in [5.74, 6) is 1.01. The van der Waals surface area contributed by atoms with E-state index in [0.717, 1.165) is 29.9 Å². The first-order valence-electron chi connectivity index (χ1n) is 7.54. The van der Waals surface area contributed by atoms with E-state index in [1.165, 1.54) is 18.5 Å². The summed E-state index contributed by atoms with van der Waals surface area (Å²) >= 11 is 0. The van der Waals surface area contributed by atoms with Crippen molar-refractivity contribution in [3.63, 3.8) is 0 Å². The van der Waals surface area contributed by atoms with Crippen LogP contribution in [0.4, 0.5) is 11.6 Å². The van der Waals surface area contributed by atoms with E-state index in [9.17, 15) is 0 Å². The highest BCUT2D eigenvalue weighted by Crippen LogP contribution is 2.30. The summed E-state index contributed by atoms with van der Waals surface area (Å²) in [6.07, 6.45) is 3.37. The maximum atomic E-state index is 5.45. The number of rotatable bonds is 3. The van der Waals surface area contributed by atoms with Crippen molar-refractivity contribution in [3.8, 4) is 11.5 Å². The van der Waals surface area contributed by atoms with E-state index in [1.54, 1.807) is 0 Å². The molecular formula is C16H17N5O. The lowest BCUT2D eigenvalue weighted by Crippen LogP contribution is -2.11. The highest BCUT2D eigenvalue weighted by atomic mass is 16.5. The van der Waals surface area contributed by atoms with Gasteiger partial charge in [-0.3, -0.25) is 4.68 Å². The first-order chi connectivity index (χ1) is 10.8. The molecule has 2 aromatic heterocycles. The Morgan fingerprint density at radius 3 is 2.91 bits per heavy atom. The molecule has 6 nitrogen and oxygen atoms in total. The van der Waals surface area contributed by atoms with Gasteiger partial charge in [-0.1, -0.05) is 18.2 Å². The quantitative estimate of drug-likeness (QED) is 0.802. The average molecular weight is 295 g/mol. The molecule has 0 fully saturated rings. The molecule has 1 aliphatic rings. The zero-order valence-electron chi connectivity index (χ0n) is 12.4. The van der Waals surface area contributed by atoms with Crippen LogP contribution in [0.25, 0.3) is 11.5 Å². The molecular weight excluding hydrogens is 278 g/mol. The minimum atomic E-state index is 0.469. The molecule has 1 N–H and O–H groups in total. The van der Waals surface area contributed by atoms with Crippen molar-refractivity contribution in [2.45, 2.75) is 32.7 Å². The molecule has 0 bridgehead atoms. The summed E-state index contributed by atoms with van der Waals surface area (Å²) in [6.45, 7) is 2.97. The lowest BCUT2D eigenvalue weighted by Gasteiger charge is -2.13. The third kappa shape index (κ3) is 2.26. The van der Waals surface area contributed by atoms with Gasteiger partial charge in [0.25, 0.3) is 11.8 Å². The van der Waals surface area contributed by atoms with Crippen LogP contribution >= 0.6 is 0 Å². The van der Waals surface area contributed by atoms with Crippen LogP contribution in [0.2, 0.25) is 0 Å². The Morgan fingerprint density at radius 2 is 2.05 bits per heavy atom. The number of para-hydroxylation sites is 1. The summed E-state index contributed by atoms with van der Waals surface area (Å²) in [4.78, 5) is 4.47. The molecule has 22 heavy (non-hydrogen) atoms. The van der Waals surface area contributed by atoms with Gasteiger partial charge in [0.1, 0.15) is 0 Å². The number of aromatic nitrogens is 4. The fourth-order valence-corrected chi connectivity index (χ4v) is 2.93. The van der Waals surface area contributed by atoms with Crippen LogP contribution in [0.5, 0.6) is 0 Å². The molecule has 3 heterocycles. The number of nitrogens with one attached hydrogen (secondary N) is 1. The zero-order chi connectivity index (χ0) is 14.9. The van der Waals surface area contributed by atoms with E-state index in [4.69, 9.17) is 4.52 Å². The second-order valence-electron chi connectivity index (χ2n) is 5.50. The molecule has 0 saturated carbocycles. The predicted molar refractivity (Wildman–Crippen MR) is 82.9 cm³/mol. The number of hydrogen-bond acceptors (Lipinski definition) is 5. The molecule has 0 aliphatic carbocycles. The van der Waals surface area contributed by atoms with E-state index in [0.29, 0.717) is 11.8 Å². The smallest absolute Gasteiger partial charge is 0.268 e. The Morgan fingerprint density at radius 1 is 1.18 bits per heavy atom. The molecule has 1 aromatic carbocycles. The van der Waals surface area contributed by atoms with Gasteiger partial charge in [-0.25, -0.2) is 0 Å². The van der Waals surface area contributed by atoms with Crippen LogP contribution in [-0.2, 0) is 13.0 Å². The van der Waals surface area contributed by atoms with Crippen LogP contribution in [0.15, 0.2) is 34.9 Å². The molecule has 4 rings (SSSR count). The average Bonchev–Trinajstić information content (AvgIpc) is 3.11. The number of hydrogen-bond donors (Lipinski definition) is 1. The maximum absolute atomic E-state index is 5.45. The van der Waals surface area contributed by atoms with Crippen LogP contribution in [0.3, 0.4) is 0 Å². The highest BCUT2D eigenvalue weighted by Gasteiger charge is 2.23. The van der Waals surface area contributed by atoms with Gasteiger partial charge in [0.15, 0.2) is 0 Å². The number of nitrogens with zero attached hydrogens (tertiary/aromatic N) is 4. The fraction of sp³-hybridized carbons (Fsp3) is 0.312. The lowest BCUT2D eigenvalue weighted by atomic mass is 10.1. The van der Waals surface area contributed by atoms with Gasteiger partial charge >= 0.3 is 0 Å². The molecule has 0 radical (unpaired) electrons. The lowest BCUT2D eigenvalue weighted by molar-refractivity contribution is 0.431. The summed E-state index contributed by atoms with van der Waals surface area (Å²) in [6, 6.07) is 9.81. The summed E-state index contributed by atoms with van der Waals surface area (Å²) in [7, 11) is 0. The molecule has 0 amide bonds. The van der Waals surface area contributed by atoms with Gasteiger partial charge in [-0.2, -0.15) is 10.1 Å². The monoisotopic (exact) mass is 295 g/mol. The first kappa shape index (κ1) is 13.1. The maximum Gasteiger partial charge on any atom is 0.268 e. The van der Waals surface area contributed by atoms with E-state index in [-0.39, 0.29) is 0 Å². The Balaban J connectivity index is 1.66. The van der Waals surface area contributed by atoms with Crippen molar-refractivity contribution in [2.75, 3.05) is 5.32 Å². The Labute approximate surface area is 128 Å². The van der Waals surface area contributed by atoms with E-state index < -0.39 is 0 Å². The zero-order valence-corrected chi connectivity index (χ0v) is 12.4. The van der Waals surface area contributed by atoms with Gasteiger partial charge in [0.05, 0.1) is 17.0 Å². The molecule has 112 valence electrons. The third-order valence-corrected chi connectivity index (χ3v) is 3.94. The van der Waals surface area contributed by atoms with E-state index in [1.807, 2.05) is 37.3 Å². The van der Waals surface area contributed by atoms with Crippen LogP contribution in [0.1, 0.15) is 24.2 Å². The molecule has 0 saturated heterocycles. The highest BCUT2D eigenvalue weighted by molar-refractivity contribution is 5.62. The number of aryl methyl sites for hydroxylation is 2. The second-order valence-corrected chi connectivity index (χ2v) is 5.50. The molecule has 0 spiro atoms. The van der Waals surface area contributed by atoms with Crippen molar-refractivity contribution in [2.24, 2.45) is 0 Å². The van der Waals surface area contributed by atoms with Gasteiger partial charge in [-0.15, -0.1) is 0 Å². The van der Waals surface area contributed by atoms with Crippen molar-refractivity contribution in [3.05, 3.63) is 41.7 Å². The van der Waals surface area contributed by atoms with E-state index >= 15 is 0 Å². The fourth-order valence-electron chi connectivity index (χ4n) is 2.93. The number of benzene rings is 1. The number of anilines is 2. The van der Waals surface area contributed by atoms with Crippen LogP contribution in [0, 0.1) is 6.92 Å². The van der Waals surface area contributed by atoms with Crippen molar-refractivity contribution in [1.29, 1.82) is 0 Å².